The first-order valence-corrected chi connectivity index (χ1v) is 5.98. The van der Waals surface area contributed by atoms with Crippen LogP contribution in [0, 0.1) is 0 Å². The number of carboxylic acid groups (broad SMARTS) is 1. The van der Waals surface area contributed by atoms with Crippen molar-refractivity contribution in [1.82, 2.24) is 9.78 Å². The van der Waals surface area contributed by atoms with Gasteiger partial charge in [0.15, 0.2) is 0 Å². The number of aromatic nitrogens is 2. The number of benzene rings is 1. The van der Waals surface area contributed by atoms with Gasteiger partial charge >= 0.3 is 12.0 Å². The fourth-order valence-electron chi connectivity index (χ4n) is 1.51. The number of nitrogens with one attached hydrogen (secondary N) is 2. The van der Waals surface area contributed by atoms with Gasteiger partial charge in [-0.3, -0.25) is 9.48 Å². The molecule has 7 nitrogen and oxygen atoms in total. The zero-order valence-electron chi connectivity index (χ0n) is 10.2. The van der Waals surface area contributed by atoms with Crippen LogP contribution in [-0.2, 0) is 11.3 Å². The maximum atomic E-state index is 11.7. The highest BCUT2D eigenvalue weighted by Gasteiger charge is 2.06. The first kappa shape index (κ1) is 13.9. The number of urea groups is 1. The minimum atomic E-state index is -1.01. The summed E-state index contributed by atoms with van der Waals surface area (Å²) in [5.41, 5.74) is 0.943. The van der Waals surface area contributed by atoms with Crippen LogP contribution < -0.4 is 10.6 Å². The van der Waals surface area contributed by atoms with Crippen LogP contribution in [0.1, 0.15) is 0 Å². The fourth-order valence-corrected chi connectivity index (χ4v) is 1.70. The fraction of sp³-hybridized carbons (Fsp3) is 0.0833. The Kier molecular flexibility index (Phi) is 4.21. The van der Waals surface area contributed by atoms with Crippen LogP contribution >= 0.6 is 11.6 Å². The highest BCUT2D eigenvalue weighted by molar-refractivity contribution is 6.30. The highest BCUT2D eigenvalue weighted by Crippen LogP contribution is 2.15. The van der Waals surface area contributed by atoms with Crippen molar-refractivity contribution in [2.45, 2.75) is 6.54 Å². The lowest BCUT2D eigenvalue weighted by Crippen LogP contribution is -2.19. The van der Waals surface area contributed by atoms with Gasteiger partial charge < -0.3 is 15.7 Å². The molecule has 2 rings (SSSR count). The average molecular weight is 295 g/mol. The molecule has 0 spiro atoms. The molecule has 0 atom stereocenters. The summed E-state index contributed by atoms with van der Waals surface area (Å²) >= 11 is 5.80. The van der Waals surface area contributed by atoms with Gasteiger partial charge in [0.05, 0.1) is 11.9 Å². The van der Waals surface area contributed by atoms with Crippen LogP contribution in [0.3, 0.4) is 0 Å². The van der Waals surface area contributed by atoms with E-state index in [9.17, 15) is 9.59 Å². The molecule has 8 heteroatoms. The number of rotatable bonds is 4. The number of halogens is 1. The largest absolute Gasteiger partial charge is 0.480 e. The van der Waals surface area contributed by atoms with Crippen molar-refractivity contribution in [2.24, 2.45) is 0 Å². The molecule has 0 radical (unpaired) electrons. The van der Waals surface area contributed by atoms with Crippen molar-refractivity contribution in [2.75, 3.05) is 10.6 Å². The van der Waals surface area contributed by atoms with Gasteiger partial charge in [-0.05, 0) is 18.2 Å². The summed E-state index contributed by atoms with van der Waals surface area (Å²) in [7, 11) is 0. The summed E-state index contributed by atoms with van der Waals surface area (Å²) in [5, 5.41) is 18.0. The Morgan fingerprint density at radius 3 is 2.75 bits per heavy atom. The van der Waals surface area contributed by atoms with Crippen molar-refractivity contribution in [1.29, 1.82) is 0 Å². The molecule has 1 heterocycles. The summed E-state index contributed by atoms with van der Waals surface area (Å²) in [4.78, 5) is 22.2. The van der Waals surface area contributed by atoms with E-state index >= 15 is 0 Å². The SMILES string of the molecule is O=C(O)Cn1cc(NC(=O)Nc2cccc(Cl)c2)cn1. The number of nitrogens with zero attached hydrogens (tertiary/aromatic N) is 2. The molecule has 2 aromatic rings. The molecule has 0 bridgehead atoms. The first-order valence-electron chi connectivity index (χ1n) is 5.61. The van der Waals surface area contributed by atoms with E-state index in [0.717, 1.165) is 0 Å². The quantitative estimate of drug-likeness (QED) is 0.806. The summed E-state index contributed by atoms with van der Waals surface area (Å²) in [6.45, 7) is -0.266. The molecule has 0 saturated heterocycles. The topological polar surface area (TPSA) is 96.2 Å². The van der Waals surface area contributed by atoms with Crippen LogP contribution in [0.2, 0.25) is 5.02 Å². The van der Waals surface area contributed by atoms with E-state index in [1.807, 2.05) is 0 Å². The van der Waals surface area contributed by atoms with Gasteiger partial charge in [-0.2, -0.15) is 5.10 Å². The van der Waals surface area contributed by atoms with E-state index in [4.69, 9.17) is 16.7 Å². The number of carbonyl (C=O) groups excluding carboxylic acids is 1. The van der Waals surface area contributed by atoms with Crippen molar-refractivity contribution < 1.29 is 14.7 Å². The van der Waals surface area contributed by atoms with Crippen LogP contribution in [0.25, 0.3) is 0 Å². The molecule has 2 amide bonds. The Hall–Kier alpha value is -2.54. The molecule has 0 fully saturated rings. The van der Waals surface area contributed by atoms with E-state index in [2.05, 4.69) is 15.7 Å². The summed E-state index contributed by atoms with van der Waals surface area (Å²) < 4.78 is 1.21. The lowest BCUT2D eigenvalue weighted by Gasteiger charge is -2.05. The van der Waals surface area contributed by atoms with Gasteiger partial charge in [0, 0.05) is 16.9 Å². The predicted octanol–water partition coefficient (Wildman–Crippen LogP) is 2.27. The molecule has 0 unspecified atom stereocenters. The zero-order valence-corrected chi connectivity index (χ0v) is 11.0. The van der Waals surface area contributed by atoms with Crippen molar-refractivity contribution in [3.63, 3.8) is 0 Å². The number of aliphatic carboxylic acids is 1. The lowest BCUT2D eigenvalue weighted by atomic mass is 10.3. The maximum absolute atomic E-state index is 11.7. The van der Waals surface area contributed by atoms with Gasteiger partial charge in [0.2, 0.25) is 0 Å². The zero-order chi connectivity index (χ0) is 14.5. The summed E-state index contributed by atoms with van der Waals surface area (Å²) in [6.07, 6.45) is 2.78. The van der Waals surface area contributed by atoms with Crippen LogP contribution in [0.5, 0.6) is 0 Å². The maximum Gasteiger partial charge on any atom is 0.325 e. The Balaban J connectivity index is 1.94. The smallest absolute Gasteiger partial charge is 0.325 e. The van der Waals surface area contributed by atoms with Gasteiger partial charge in [0.1, 0.15) is 6.54 Å². The highest BCUT2D eigenvalue weighted by atomic mass is 35.5. The summed E-state index contributed by atoms with van der Waals surface area (Å²) in [5.74, 6) is -1.01. The van der Waals surface area contributed by atoms with Crippen LogP contribution in [-0.4, -0.2) is 26.9 Å². The van der Waals surface area contributed by atoms with Crippen LogP contribution in [0.4, 0.5) is 16.2 Å². The van der Waals surface area contributed by atoms with E-state index in [1.54, 1.807) is 24.3 Å². The minimum absolute atomic E-state index is 0.266. The molecule has 1 aromatic heterocycles. The minimum Gasteiger partial charge on any atom is -0.480 e. The molecule has 0 saturated carbocycles. The second kappa shape index (κ2) is 6.07. The lowest BCUT2D eigenvalue weighted by molar-refractivity contribution is -0.137. The number of carbonyl (C=O) groups is 2. The third kappa shape index (κ3) is 3.99. The van der Waals surface area contributed by atoms with Gasteiger partial charge in [-0.25, -0.2) is 4.79 Å². The number of hydrogen-bond acceptors (Lipinski definition) is 3. The molecular formula is C12H11ClN4O3. The molecule has 20 heavy (non-hydrogen) atoms. The standard InChI is InChI=1S/C12H11ClN4O3/c13-8-2-1-3-9(4-8)15-12(20)16-10-5-14-17(6-10)7-11(18)19/h1-6H,7H2,(H,18,19)(H2,15,16,20). The average Bonchev–Trinajstić information content (AvgIpc) is 2.75. The van der Waals surface area contributed by atoms with Crippen molar-refractivity contribution in [3.8, 4) is 0 Å². The summed E-state index contributed by atoms with van der Waals surface area (Å²) in [6, 6.07) is 6.24. The predicted molar refractivity (Wildman–Crippen MR) is 74.0 cm³/mol. The molecule has 0 aliphatic rings. The normalized spacial score (nSPS) is 10.1. The third-order valence-corrected chi connectivity index (χ3v) is 2.51. The van der Waals surface area contributed by atoms with E-state index in [1.165, 1.54) is 17.1 Å². The second-order valence-electron chi connectivity index (χ2n) is 3.91. The number of hydrogen-bond donors (Lipinski definition) is 3. The van der Waals surface area contributed by atoms with Gasteiger partial charge in [-0.15, -0.1) is 0 Å². The molecular weight excluding hydrogens is 284 g/mol. The van der Waals surface area contributed by atoms with Crippen molar-refractivity contribution >= 4 is 35.0 Å². The van der Waals surface area contributed by atoms with E-state index in [0.29, 0.717) is 16.4 Å². The number of carboxylic acids is 1. The Bertz CT molecular complexity index is 641. The van der Waals surface area contributed by atoms with E-state index in [-0.39, 0.29) is 6.54 Å². The van der Waals surface area contributed by atoms with Crippen molar-refractivity contribution in [3.05, 3.63) is 41.7 Å². The third-order valence-electron chi connectivity index (χ3n) is 2.27. The van der Waals surface area contributed by atoms with E-state index < -0.39 is 12.0 Å². The Morgan fingerprint density at radius 2 is 2.05 bits per heavy atom. The Labute approximate surface area is 119 Å². The number of anilines is 2. The molecule has 0 aliphatic heterocycles. The van der Waals surface area contributed by atoms with Gasteiger partial charge in [0.25, 0.3) is 0 Å². The first-order chi connectivity index (χ1) is 9.52. The molecule has 3 N–H and O–H groups in total. The van der Waals surface area contributed by atoms with Gasteiger partial charge in [-0.1, -0.05) is 17.7 Å². The molecule has 0 aliphatic carbocycles. The number of amides is 2. The molecule has 104 valence electrons. The second-order valence-corrected chi connectivity index (χ2v) is 4.35. The monoisotopic (exact) mass is 294 g/mol. The Morgan fingerprint density at radius 1 is 1.30 bits per heavy atom. The van der Waals surface area contributed by atoms with Crippen LogP contribution in [0.15, 0.2) is 36.7 Å². The molecule has 1 aromatic carbocycles.